The highest BCUT2D eigenvalue weighted by Crippen LogP contribution is 2.00. The first-order chi connectivity index (χ1) is 3.13. The van der Waals surface area contributed by atoms with Gasteiger partial charge < -0.3 is 0 Å². The van der Waals surface area contributed by atoms with Gasteiger partial charge in [-0.05, 0) is 6.92 Å². The Morgan fingerprint density at radius 2 is 2.00 bits per heavy atom. The fraction of sp³-hybridized carbons (Fsp3) is 0.143. The van der Waals surface area contributed by atoms with E-state index in [1.165, 1.54) is 0 Å². The summed E-state index contributed by atoms with van der Waals surface area (Å²) in [5, 5.41) is 0. The van der Waals surface area contributed by atoms with E-state index in [1.807, 2.05) is 13.3 Å². The molecule has 0 heterocycles. The largest absolute Gasteiger partial charge is 0.105 e. The normalized spacial score (nSPS) is 8.14. The van der Waals surface area contributed by atoms with E-state index in [1.54, 1.807) is 0 Å². The van der Waals surface area contributed by atoms with Gasteiger partial charge in [-0.2, -0.15) is 0 Å². The summed E-state index contributed by atoms with van der Waals surface area (Å²) in [5.41, 5.74) is 1.81. The van der Waals surface area contributed by atoms with Crippen LogP contribution in [0.4, 0.5) is 0 Å². The molecule has 0 bridgehead atoms. The van der Waals surface area contributed by atoms with E-state index < -0.39 is 0 Å². The summed E-state index contributed by atoms with van der Waals surface area (Å²) in [7, 11) is 0. The number of hydrogen-bond donors (Lipinski definition) is 0. The summed E-state index contributed by atoms with van der Waals surface area (Å²) in [5.74, 6) is 0. The Balaban J connectivity index is 3.32. The molecule has 0 N–H and O–H groups in total. The van der Waals surface area contributed by atoms with Crippen LogP contribution >= 0.6 is 0 Å². The van der Waals surface area contributed by atoms with Gasteiger partial charge in [-0.25, -0.2) is 0 Å². The maximum Gasteiger partial charge on any atom is 0.105 e. The molecular formula is C7H10+. The predicted molar refractivity (Wildman–Crippen MR) is 33.6 cm³/mol. The van der Waals surface area contributed by atoms with Gasteiger partial charge in [-0.15, -0.1) is 0 Å². The molecular weight excluding hydrogens is 84.1 g/mol. The summed E-state index contributed by atoms with van der Waals surface area (Å²) < 4.78 is 0. The van der Waals surface area contributed by atoms with Crippen LogP contribution in [-0.2, 0) is 0 Å². The van der Waals surface area contributed by atoms with E-state index in [2.05, 4.69) is 20.1 Å². The van der Waals surface area contributed by atoms with Crippen LogP contribution in [0, 0.1) is 13.3 Å². The highest BCUT2D eigenvalue weighted by molar-refractivity contribution is 5.24. The molecule has 7 heavy (non-hydrogen) atoms. The molecule has 0 aromatic heterocycles. The summed E-state index contributed by atoms with van der Waals surface area (Å²) in [6.45, 7) is 12.7. The van der Waals surface area contributed by atoms with Crippen LogP contribution in [0.3, 0.4) is 0 Å². The average Bonchev–Trinajstić information content (AvgIpc) is 1.27. The fourth-order valence-corrected chi connectivity index (χ4v) is 0.348. The SMILES string of the molecule is C=C([CH2+])[CH]C(=C)C. The summed E-state index contributed by atoms with van der Waals surface area (Å²) in [4.78, 5) is 0. The van der Waals surface area contributed by atoms with Gasteiger partial charge in [0.15, 0.2) is 0 Å². The molecule has 0 unspecified atom stereocenters. The molecule has 0 aromatic carbocycles. The second-order valence-corrected chi connectivity index (χ2v) is 1.65. The van der Waals surface area contributed by atoms with Gasteiger partial charge in [-0.3, -0.25) is 0 Å². The third-order valence-corrected chi connectivity index (χ3v) is 0.451. The van der Waals surface area contributed by atoms with Crippen LogP contribution in [0.2, 0.25) is 0 Å². The molecule has 0 amide bonds. The van der Waals surface area contributed by atoms with Crippen molar-refractivity contribution in [2.24, 2.45) is 0 Å². The molecule has 0 spiro atoms. The number of allylic oxidation sites excluding steroid dienone is 2. The van der Waals surface area contributed by atoms with E-state index in [4.69, 9.17) is 0 Å². The third kappa shape index (κ3) is 5.35. The first-order valence-electron chi connectivity index (χ1n) is 2.14. The lowest BCUT2D eigenvalue weighted by Gasteiger charge is -1.85. The smallest absolute Gasteiger partial charge is 0.0993 e. The van der Waals surface area contributed by atoms with Gasteiger partial charge in [0.05, 0.1) is 6.42 Å². The van der Waals surface area contributed by atoms with Gasteiger partial charge in [0.25, 0.3) is 0 Å². The van der Waals surface area contributed by atoms with E-state index in [9.17, 15) is 0 Å². The molecule has 0 rings (SSSR count). The second-order valence-electron chi connectivity index (χ2n) is 1.65. The molecule has 0 saturated heterocycles. The van der Waals surface area contributed by atoms with Crippen LogP contribution in [-0.4, -0.2) is 0 Å². The Labute approximate surface area is 45.5 Å². The molecule has 37 valence electrons. The van der Waals surface area contributed by atoms with E-state index >= 15 is 0 Å². The van der Waals surface area contributed by atoms with E-state index in [0.29, 0.717) is 0 Å². The number of rotatable bonds is 2. The molecule has 0 heteroatoms. The lowest BCUT2D eigenvalue weighted by Crippen LogP contribution is -1.74. The van der Waals surface area contributed by atoms with Crippen LogP contribution < -0.4 is 0 Å². The monoisotopic (exact) mass is 94.1 g/mol. The summed E-state index contributed by atoms with van der Waals surface area (Å²) >= 11 is 0. The Kier molecular flexibility index (Phi) is 2.28. The Morgan fingerprint density at radius 3 is 2.00 bits per heavy atom. The maximum atomic E-state index is 3.64. The molecule has 0 aliphatic carbocycles. The van der Waals surface area contributed by atoms with Crippen molar-refractivity contribution < 1.29 is 0 Å². The van der Waals surface area contributed by atoms with E-state index in [-0.39, 0.29) is 0 Å². The standard InChI is InChI=1S/C7H10/c1-6(2)5-7(3)4/h5H,1-3H2,4H3/q+1. The lowest BCUT2D eigenvalue weighted by molar-refractivity contribution is 1.42. The van der Waals surface area contributed by atoms with Crippen molar-refractivity contribution >= 4 is 0 Å². The third-order valence-electron chi connectivity index (χ3n) is 0.451. The highest BCUT2D eigenvalue weighted by Gasteiger charge is 1.90. The minimum atomic E-state index is 0.812. The first kappa shape index (κ1) is 6.35. The Hall–Kier alpha value is -0.650. The molecule has 0 aliphatic heterocycles. The Bertz CT molecular complexity index is 76.2. The highest BCUT2D eigenvalue weighted by atomic mass is 13.9. The van der Waals surface area contributed by atoms with Gasteiger partial charge in [-0.1, -0.05) is 12.2 Å². The zero-order chi connectivity index (χ0) is 5.86. The Morgan fingerprint density at radius 1 is 1.57 bits per heavy atom. The molecule has 0 aliphatic rings. The van der Waals surface area contributed by atoms with Crippen LogP contribution in [0.25, 0.3) is 0 Å². The van der Waals surface area contributed by atoms with Crippen molar-refractivity contribution in [3.8, 4) is 0 Å². The van der Waals surface area contributed by atoms with Crippen LogP contribution in [0.15, 0.2) is 24.3 Å². The maximum absolute atomic E-state index is 3.64. The second kappa shape index (κ2) is 2.51. The molecule has 0 aromatic rings. The van der Waals surface area contributed by atoms with Crippen LogP contribution in [0.5, 0.6) is 0 Å². The minimum absolute atomic E-state index is 0.812. The lowest BCUT2D eigenvalue weighted by atomic mass is 10.1. The van der Waals surface area contributed by atoms with Crippen molar-refractivity contribution in [2.75, 3.05) is 0 Å². The number of hydrogen-bond acceptors (Lipinski definition) is 0. The van der Waals surface area contributed by atoms with Gasteiger partial charge in [0.2, 0.25) is 0 Å². The summed E-state index contributed by atoms with van der Waals surface area (Å²) in [6.07, 6.45) is 1.83. The topological polar surface area (TPSA) is 0 Å². The summed E-state index contributed by atoms with van der Waals surface area (Å²) in [6, 6.07) is 0. The van der Waals surface area contributed by atoms with Crippen molar-refractivity contribution in [3.63, 3.8) is 0 Å². The van der Waals surface area contributed by atoms with Crippen molar-refractivity contribution in [1.82, 2.24) is 0 Å². The van der Waals surface area contributed by atoms with Gasteiger partial charge in [0.1, 0.15) is 5.57 Å². The predicted octanol–water partition coefficient (Wildman–Crippen LogP) is 2.16. The molecule has 0 saturated carbocycles. The molecule has 0 atom stereocenters. The first-order valence-corrected chi connectivity index (χ1v) is 2.14. The van der Waals surface area contributed by atoms with Crippen molar-refractivity contribution in [1.29, 1.82) is 0 Å². The molecule has 0 fully saturated rings. The van der Waals surface area contributed by atoms with Crippen LogP contribution in [0.1, 0.15) is 6.92 Å². The molecule has 0 nitrogen and oxygen atoms in total. The average molecular weight is 94.2 g/mol. The fourth-order valence-electron chi connectivity index (χ4n) is 0.348. The quantitative estimate of drug-likeness (QED) is 0.460. The van der Waals surface area contributed by atoms with Crippen molar-refractivity contribution in [3.05, 3.63) is 37.6 Å². The van der Waals surface area contributed by atoms with Gasteiger partial charge in [0, 0.05) is 13.5 Å². The molecule has 1 radical (unpaired) electrons. The van der Waals surface area contributed by atoms with E-state index in [0.717, 1.165) is 11.1 Å². The zero-order valence-corrected chi connectivity index (χ0v) is 4.70. The van der Waals surface area contributed by atoms with Crippen molar-refractivity contribution in [2.45, 2.75) is 6.92 Å². The minimum Gasteiger partial charge on any atom is -0.0993 e. The zero-order valence-electron chi connectivity index (χ0n) is 4.70. The van der Waals surface area contributed by atoms with Gasteiger partial charge >= 0.3 is 0 Å².